The lowest BCUT2D eigenvalue weighted by atomic mass is 9.99. The van der Waals surface area contributed by atoms with Crippen molar-refractivity contribution in [2.45, 2.75) is 0 Å². The number of hydrogen-bond acceptors (Lipinski definition) is 2. The average molecular weight is 463 g/mol. The van der Waals surface area contributed by atoms with E-state index in [1.165, 1.54) is 10.8 Å². The second kappa shape index (κ2) is 9.52. The molecule has 2 nitrogen and oxygen atoms in total. The molecule has 6 aromatic rings. The molecule has 2 heteroatoms. The van der Waals surface area contributed by atoms with Gasteiger partial charge >= 0.3 is 0 Å². The van der Waals surface area contributed by atoms with Gasteiger partial charge in [0.15, 0.2) is 0 Å². The van der Waals surface area contributed by atoms with Gasteiger partial charge in [0.2, 0.25) is 0 Å². The Balaban J connectivity index is 1.43. The fourth-order valence-corrected chi connectivity index (χ4v) is 4.64. The van der Waals surface area contributed by atoms with E-state index >= 15 is 0 Å². The Hall–Kier alpha value is -4.69. The molecule has 0 aliphatic rings. The molecule has 5 aromatic carbocycles. The summed E-state index contributed by atoms with van der Waals surface area (Å²) in [6.07, 6.45) is 0. The van der Waals surface area contributed by atoms with Crippen LogP contribution in [0.4, 0.5) is 11.4 Å². The normalized spacial score (nSPS) is 10.9. The van der Waals surface area contributed by atoms with Crippen LogP contribution in [0.3, 0.4) is 0 Å². The molecular formula is C34H26N2. The lowest BCUT2D eigenvalue weighted by molar-refractivity contribution is 1.21. The van der Waals surface area contributed by atoms with Crippen LogP contribution in [-0.2, 0) is 0 Å². The predicted octanol–water partition coefficient (Wildman–Crippen LogP) is 9.00. The summed E-state index contributed by atoms with van der Waals surface area (Å²) in [7, 11) is 2.13. The third-order valence-corrected chi connectivity index (χ3v) is 6.65. The number of benzene rings is 5. The van der Waals surface area contributed by atoms with E-state index < -0.39 is 0 Å². The van der Waals surface area contributed by atoms with E-state index in [0.717, 1.165) is 45.0 Å². The number of rotatable bonds is 5. The van der Waals surface area contributed by atoms with Crippen molar-refractivity contribution in [1.82, 2.24) is 4.98 Å². The summed E-state index contributed by atoms with van der Waals surface area (Å²) in [5.41, 5.74) is 8.79. The minimum absolute atomic E-state index is 0.972. The van der Waals surface area contributed by atoms with Gasteiger partial charge in [0, 0.05) is 29.5 Å². The SMILES string of the molecule is CN(c1cccc(-c2cc(-c3ccccc3)nc(-c3ccccc3)c2)c1)c1ccc2ccccc2c1. The van der Waals surface area contributed by atoms with Crippen LogP contribution < -0.4 is 4.90 Å². The number of aromatic nitrogens is 1. The summed E-state index contributed by atoms with van der Waals surface area (Å²) >= 11 is 0. The third-order valence-electron chi connectivity index (χ3n) is 6.65. The van der Waals surface area contributed by atoms with Crippen molar-refractivity contribution < 1.29 is 0 Å². The van der Waals surface area contributed by atoms with Gasteiger partial charge in [0.05, 0.1) is 11.4 Å². The van der Waals surface area contributed by atoms with Crippen molar-refractivity contribution in [2.75, 3.05) is 11.9 Å². The molecule has 36 heavy (non-hydrogen) atoms. The van der Waals surface area contributed by atoms with Gasteiger partial charge in [-0.3, -0.25) is 0 Å². The van der Waals surface area contributed by atoms with Crippen molar-refractivity contribution in [3.8, 4) is 33.6 Å². The zero-order valence-electron chi connectivity index (χ0n) is 20.2. The zero-order chi connectivity index (χ0) is 24.3. The topological polar surface area (TPSA) is 16.1 Å². The quantitative estimate of drug-likeness (QED) is 0.254. The molecule has 0 spiro atoms. The smallest absolute Gasteiger partial charge is 0.0715 e. The highest BCUT2D eigenvalue weighted by Crippen LogP contribution is 2.33. The Kier molecular flexibility index (Phi) is 5.77. The van der Waals surface area contributed by atoms with Gasteiger partial charge in [-0.05, 0) is 58.3 Å². The number of hydrogen-bond donors (Lipinski definition) is 0. The molecule has 0 bridgehead atoms. The Morgan fingerprint density at radius 3 is 1.64 bits per heavy atom. The van der Waals surface area contributed by atoms with E-state index in [1.54, 1.807) is 0 Å². The van der Waals surface area contributed by atoms with Crippen LogP contribution in [0.1, 0.15) is 0 Å². The first-order chi connectivity index (χ1) is 17.7. The van der Waals surface area contributed by atoms with Crippen LogP contribution in [-0.4, -0.2) is 12.0 Å². The molecule has 0 atom stereocenters. The van der Waals surface area contributed by atoms with Gasteiger partial charge in [-0.1, -0.05) is 103 Å². The molecule has 172 valence electrons. The van der Waals surface area contributed by atoms with E-state index in [9.17, 15) is 0 Å². The molecule has 0 radical (unpaired) electrons. The van der Waals surface area contributed by atoms with Crippen molar-refractivity contribution in [2.24, 2.45) is 0 Å². The minimum Gasteiger partial charge on any atom is -0.345 e. The van der Waals surface area contributed by atoms with Crippen LogP contribution in [0.2, 0.25) is 0 Å². The van der Waals surface area contributed by atoms with E-state index in [-0.39, 0.29) is 0 Å². The molecule has 0 saturated carbocycles. The molecule has 1 aromatic heterocycles. The second-order valence-corrected chi connectivity index (χ2v) is 9.00. The highest BCUT2D eigenvalue weighted by atomic mass is 15.1. The summed E-state index contributed by atoms with van der Waals surface area (Å²) in [5, 5.41) is 2.49. The van der Waals surface area contributed by atoms with Crippen molar-refractivity contribution in [3.63, 3.8) is 0 Å². The Morgan fingerprint density at radius 1 is 0.417 bits per heavy atom. The number of fused-ring (bicyclic) bond motifs is 1. The maximum absolute atomic E-state index is 5.02. The number of anilines is 2. The largest absolute Gasteiger partial charge is 0.345 e. The van der Waals surface area contributed by atoms with E-state index in [4.69, 9.17) is 4.98 Å². The van der Waals surface area contributed by atoms with Gasteiger partial charge < -0.3 is 4.90 Å². The summed E-state index contributed by atoms with van der Waals surface area (Å²) < 4.78 is 0. The molecule has 1 heterocycles. The second-order valence-electron chi connectivity index (χ2n) is 9.00. The summed E-state index contributed by atoms with van der Waals surface area (Å²) in [6.45, 7) is 0. The van der Waals surface area contributed by atoms with Gasteiger partial charge in [-0.25, -0.2) is 4.98 Å². The van der Waals surface area contributed by atoms with E-state index in [2.05, 4.69) is 139 Å². The zero-order valence-corrected chi connectivity index (χ0v) is 20.2. The van der Waals surface area contributed by atoms with Crippen molar-refractivity contribution in [1.29, 1.82) is 0 Å². The van der Waals surface area contributed by atoms with Gasteiger partial charge in [-0.15, -0.1) is 0 Å². The average Bonchev–Trinajstić information content (AvgIpc) is 2.97. The predicted molar refractivity (Wildman–Crippen MR) is 153 cm³/mol. The monoisotopic (exact) mass is 462 g/mol. The fraction of sp³-hybridized carbons (Fsp3) is 0.0294. The van der Waals surface area contributed by atoms with Gasteiger partial charge in [0.1, 0.15) is 0 Å². The van der Waals surface area contributed by atoms with Crippen molar-refractivity contribution >= 4 is 22.1 Å². The lowest BCUT2D eigenvalue weighted by Gasteiger charge is -2.21. The first-order valence-electron chi connectivity index (χ1n) is 12.2. The number of pyridine rings is 1. The van der Waals surface area contributed by atoms with Crippen LogP contribution in [0.5, 0.6) is 0 Å². The van der Waals surface area contributed by atoms with Crippen LogP contribution in [0.15, 0.2) is 140 Å². The summed E-state index contributed by atoms with van der Waals surface area (Å²) in [4.78, 5) is 7.27. The molecular weight excluding hydrogens is 436 g/mol. The molecule has 0 aliphatic carbocycles. The Labute approximate surface area is 212 Å². The highest BCUT2D eigenvalue weighted by molar-refractivity contribution is 5.87. The first kappa shape index (κ1) is 21.8. The molecule has 0 aliphatic heterocycles. The van der Waals surface area contributed by atoms with Crippen LogP contribution in [0, 0.1) is 0 Å². The molecule has 0 fully saturated rings. The summed E-state index contributed by atoms with van der Waals surface area (Å²) in [5.74, 6) is 0. The van der Waals surface area contributed by atoms with Gasteiger partial charge in [0.25, 0.3) is 0 Å². The molecule has 0 unspecified atom stereocenters. The molecule has 0 N–H and O–H groups in total. The standard InChI is InChI=1S/C34H26N2/c1-36(32-20-19-25-11-8-9-16-28(25)21-32)31-18-10-17-29(22-31)30-23-33(26-12-4-2-5-13-26)35-34(24-30)27-14-6-3-7-15-27/h2-24H,1H3. The van der Waals surface area contributed by atoms with Crippen molar-refractivity contribution in [3.05, 3.63) is 140 Å². The number of nitrogens with zero attached hydrogens (tertiary/aromatic N) is 2. The maximum atomic E-state index is 5.02. The maximum Gasteiger partial charge on any atom is 0.0715 e. The Morgan fingerprint density at radius 2 is 0.972 bits per heavy atom. The first-order valence-corrected chi connectivity index (χ1v) is 12.2. The molecule has 0 saturated heterocycles. The fourth-order valence-electron chi connectivity index (χ4n) is 4.64. The molecule has 0 amide bonds. The van der Waals surface area contributed by atoms with E-state index in [1.807, 2.05) is 12.1 Å². The Bertz CT molecular complexity index is 1580. The van der Waals surface area contributed by atoms with Crippen LogP contribution >= 0.6 is 0 Å². The van der Waals surface area contributed by atoms with E-state index in [0.29, 0.717) is 0 Å². The van der Waals surface area contributed by atoms with Gasteiger partial charge in [-0.2, -0.15) is 0 Å². The third kappa shape index (κ3) is 4.37. The summed E-state index contributed by atoms with van der Waals surface area (Å²) in [6, 6.07) is 49.0. The highest BCUT2D eigenvalue weighted by Gasteiger charge is 2.11. The van der Waals surface area contributed by atoms with Crippen LogP contribution in [0.25, 0.3) is 44.4 Å². The lowest BCUT2D eigenvalue weighted by Crippen LogP contribution is -2.09. The molecule has 6 rings (SSSR count). The minimum atomic E-state index is 0.972.